The fourth-order valence-electron chi connectivity index (χ4n) is 6.00. The Labute approximate surface area is 165 Å². The molecule has 0 aromatic carbocycles. The lowest BCUT2D eigenvalue weighted by atomic mass is 9.51. The normalized spacial score (nSPS) is 27.9. The number of rotatable bonds is 4. The monoisotopic (exact) mass is 386 g/mol. The van der Waals surface area contributed by atoms with Crippen LogP contribution in [0.2, 0.25) is 0 Å². The van der Waals surface area contributed by atoms with E-state index in [0.717, 1.165) is 51.7 Å². The topological polar surface area (TPSA) is 40.6 Å². The molecular weight excluding hydrogens is 356 g/mol. The van der Waals surface area contributed by atoms with Crippen molar-refractivity contribution in [3.63, 3.8) is 0 Å². The molecule has 2 heterocycles. The van der Waals surface area contributed by atoms with Crippen LogP contribution < -0.4 is 0 Å². The molecule has 0 bridgehead atoms. The van der Waals surface area contributed by atoms with E-state index in [9.17, 15) is 9.59 Å². The van der Waals surface area contributed by atoms with Gasteiger partial charge in [0.1, 0.15) is 0 Å². The van der Waals surface area contributed by atoms with E-state index in [0.29, 0.717) is 23.3 Å². The summed E-state index contributed by atoms with van der Waals surface area (Å²) in [5, 5.41) is 4.22. The van der Waals surface area contributed by atoms with E-state index in [2.05, 4.69) is 26.6 Å². The second-order valence-electron chi connectivity index (χ2n) is 9.64. The zero-order chi connectivity index (χ0) is 18.6. The molecule has 27 heavy (non-hydrogen) atoms. The number of nitrogens with zero attached hydrogens (tertiary/aromatic N) is 2. The van der Waals surface area contributed by atoms with Crippen LogP contribution >= 0.6 is 11.3 Å². The summed E-state index contributed by atoms with van der Waals surface area (Å²) < 4.78 is 0. The van der Waals surface area contributed by atoms with Crippen molar-refractivity contribution in [3.8, 4) is 0 Å². The standard InChI is InChI=1S/C22H30N2O2S/c1-16(25)24(14-17-3-10-27-15-17)19-13-22(19)6-8-23(9-7-22)20(26)18-11-21(12-18)4-2-5-21/h3,10,15,18-19H,2,4-9,11-14H2,1H3. The fraction of sp³-hybridized carbons (Fsp3) is 0.727. The molecule has 1 unspecified atom stereocenters. The summed E-state index contributed by atoms with van der Waals surface area (Å²) in [6.07, 6.45) is 9.62. The predicted octanol–water partition coefficient (Wildman–Crippen LogP) is 4.06. The molecule has 0 N–H and O–H groups in total. The van der Waals surface area contributed by atoms with Gasteiger partial charge in [0.15, 0.2) is 0 Å². The van der Waals surface area contributed by atoms with Crippen molar-refractivity contribution < 1.29 is 9.59 Å². The van der Waals surface area contributed by atoms with Gasteiger partial charge < -0.3 is 9.80 Å². The minimum Gasteiger partial charge on any atom is -0.342 e. The van der Waals surface area contributed by atoms with Gasteiger partial charge in [-0.05, 0) is 78.2 Å². The Kier molecular flexibility index (Phi) is 4.15. The van der Waals surface area contributed by atoms with Crippen molar-refractivity contribution in [2.45, 2.75) is 70.9 Å². The van der Waals surface area contributed by atoms with Gasteiger partial charge >= 0.3 is 0 Å². The van der Waals surface area contributed by atoms with E-state index in [1.165, 1.54) is 24.8 Å². The number of hydrogen-bond donors (Lipinski definition) is 0. The van der Waals surface area contributed by atoms with E-state index in [4.69, 9.17) is 0 Å². The Morgan fingerprint density at radius 2 is 1.93 bits per heavy atom. The second-order valence-corrected chi connectivity index (χ2v) is 10.4. The Morgan fingerprint density at radius 1 is 1.19 bits per heavy atom. The Balaban J connectivity index is 1.16. The number of piperidine rings is 1. The Hall–Kier alpha value is -1.36. The molecule has 4 aliphatic rings. The van der Waals surface area contributed by atoms with E-state index < -0.39 is 0 Å². The second kappa shape index (κ2) is 6.33. The van der Waals surface area contributed by atoms with Crippen LogP contribution in [0.25, 0.3) is 0 Å². The summed E-state index contributed by atoms with van der Waals surface area (Å²) in [7, 11) is 0. The molecule has 146 valence electrons. The van der Waals surface area contributed by atoms with Gasteiger partial charge in [0.05, 0.1) is 0 Å². The summed E-state index contributed by atoms with van der Waals surface area (Å²) in [6.45, 7) is 4.22. The van der Waals surface area contributed by atoms with Crippen molar-refractivity contribution >= 4 is 23.2 Å². The van der Waals surface area contributed by atoms with Crippen LogP contribution in [0.5, 0.6) is 0 Å². The highest BCUT2D eigenvalue weighted by Crippen LogP contribution is 2.60. The lowest BCUT2D eigenvalue weighted by Gasteiger charge is -2.54. The summed E-state index contributed by atoms with van der Waals surface area (Å²) in [4.78, 5) is 29.3. The highest BCUT2D eigenvalue weighted by Gasteiger charge is 2.59. The number of amides is 2. The molecule has 2 spiro atoms. The number of carbonyl (C=O) groups is 2. The van der Waals surface area contributed by atoms with Gasteiger partial charge in [-0.2, -0.15) is 11.3 Å². The SMILES string of the molecule is CC(=O)N(Cc1ccsc1)C1CC12CCN(C(=O)C1CC3(CCC3)C1)CC2. The lowest BCUT2D eigenvalue weighted by Crippen LogP contribution is -2.52. The van der Waals surface area contributed by atoms with Crippen LogP contribution in [0.3, 0.4) is 0 Å². The zero-order valence-corrected chi connectivity index (χ0v) is 17.1. The van der Waals surface area contributed by atoms with Gasteiger partial charge in [0.2, 0.25) is 11.8 Å². The summed E-state index contributed by atoms with van der Waals surface area (Å²) in [5.74, 6) is 0.907. The molecule has 3 saturated carbocycles. The molecule has 1 aromatic heterocycles. The minimum atomic E-state index is 0.182. The molecule has 5 heteroatoms. The molecule has 1 aliphatic heterocycles. The van der Waals surface area contributed by atoms with E-state index >= 15 is 0 Å². The number of thiophene rings is 1. The Bertz CT molecular complexity index is 724. The molecule has 2 amide bonds. The van der Waals surface area contributed by atoms with E-state index in [1.807, 2.05) is 0 Å². The number of carbonyl (C=O) groups excluding carboxylic acids is 2. The van der Waals surface area contributed by atoms with Crippen LogP contribution in [0.1, 0.15) is 63.9 Å². The third-order valence-corrected chi connectivity index (χ3v) is 8.79. The maximum Gasteiger partial charge on any atom is 0.225 e. The van der Waals surface area contributed by atoms with Crippen molar-refractivity contribution in [1.29, 1.82) is 0 Å². The van der Waals surface area contributed by atoms with Crippen molar-refractivity contribution in [3.05, 3.63) is 22.4 Å². The molecule has 5 rings (SSSR count). The maximum atomic E-state index is 12.8. The highest BCUT2D eigenvalue weighted by molar-refractivity contribution is 7.07. The highest BCUT2D eigenvalue weighted by atomic mass is 32.1. The Morgan fingerprint density at radius 3 is 2.48 bits per heavy atom. The van der Waals surface area contributed by atoms with Gasteiger partial charge in [0, 0.05) is 38.5 Å². The van der Waals surface area contributed by atoms with Crippen molar-refractivity contribution in [1.82, 2.24) is 9.80 Å². The molecule has 4 fully saturated rings. The average molecular weight is 387 g/mol. The first-order chi connectivity index (χ1) is 13.0. The van der Waals surface area contributed by atoms with Crippen LogP contribution in [0, 0.1) is 16.7 Å². The summed E-state index contributed by atoms with van der Waals surface area (Å²) in [6, 6.07) is 2.49. The summed E-state index contributed by atoms with van der Waals surface area (Å²) >= 11 is 1.69. The third kappa shape index (κ3) is 3.02. The molecular formula is C22H30N2O2S. The first-order valence-electron chi connectivity index (χ1n) is 10.6. The average Bonchev–Trinajstić information content (AvgIpc) is 3.01. The van der Waals surface area contributed by atoms with Crippen LogP contribution in [0.4, 0.5) is 0 Å². The first kappa shape index (κ1) is 17.7. The van der Waals surface area contributed by atoms with Crippen molar-refractivity contribution in [2.75, 3.05) is 13.1 Å². The fourth-order valence-corrected chi connectivity index (χ4v) is 6.66. The molecule has 3 aliphatic carbocycles. The van der Waals surface area contributed by atoms with E-state index in [1.54, 1.807) is 18.3 Å². The third-order valence-electron chi connectivity index (χ3n) is 8.05. The maximum absolute atomic E-state index is 12.8. The smallest absolute Gasteiger partial charge is 0.225 e. The molecule has 1 aromatic rings. The van der Waals surface area contributed by atoms with Crippen LogP contribution in [-0.4, -0.2) is 40.7 Å². The quantitative estimate of drug-likeness (QED) is 0.783. The minimum absolute atomic E-state index is 0.182. The van der Waals surface area contributed by atoms with Gasteiger partial charge in [-0.25, -0.2) is 0 Å². The van der Waals surface area contributed by atoms with Gasteiger partial charge in [-0.15, -0.1) is 0 Å². The lowest BCUT2D eigenvalue weighted by molar-refractivity contribution is -0.149. The molecule has 1 saturated heterocycles. The predicted molar refractivity (Wildman–Crippen MR) is 106 cm³/mol. The molecule has 4 nitrogen and oxygen atoms in total. The van der Waals surface area contributed by atoms with Gasteiger partial charge in [-0.1, -0.05) is 6.42 Å². The zero-order valence-electron chi connectivity index (χ0n) is 16.3. The number of likely N-dealkylation sites (tertiary alicyclic amines) is 1. The summed E-state index contributed by atoms with van der Waals surface area (Å²) in [5.41, 5.74) is 2.08. The van der Waals surface area contributed by atoms with Crippen LogP contribution in [-0.2, 0) is 16.1 Å². The van der Waals surface area contributed by atoms with E-state index in [-0.39, 0.29) is 11.3 Å². The van der Waals surface area contributed by atoms with Gasteiger partial charge in [0.25, 0.3) is 0 Å². The van der Waals surface area contributed by atoms with Crippen LogP contribution in [0.15, 0.2) is 16.8 Å². The van der Waals surface area contributed by atoms with Crippen molar-refractivity contribution in [2.24, 2.45) is 16.7 Å². The largest absolute Gasteiger partial charge is 0.342 e. The molecule has 0 radical (unpaired) electrons. The first-order valence-corrected chi connectivity index (χ1v) is 11.5. The van der Waals surface area contributed by atoms with Gasteiger partial charge in [-0.3, -0.25) is 9.59 Å². The molecule has 1 atom stereocenters. The number of hydrogen-bond acceptors (Lipinski definition) is 3.